The first-order valence-electron chi connectivity index (χ1n) is 7.63. The number of amides is 1. The van der Waals surface area contributed by atoms with E-state index in [2.05, 4.69) is 31.2 Å². The maximum atomic E-state index is 12.4. The van der Waals surface area contributed by atoms with Crippen LogP contribution in [0.25, 0.3) is 0 Å². The summed E-state index contributed by atoms with van der Waals surface area (Å²) >= 11 is 0. The van der Waals surface area contributed by atoms with Gasteiger partial charge in [-0.05, 0) is 32.8 Å². The standard InChI is InChI=1S/C18H25NO2/c1-5-16-15(14-10-7-6-8-11-14)12-9-13-19(16)17(20)21-18(2,3)4/h6-12,15-16H,5,13H2,1-4H3. The number of nitrogens with zero attached hydrogens (tertiary/aromatic N) is 1. The predicted octanol–water partition coefficient (Wildman–Crippen LogP) is 4.36. The molecule has 0 aliphatic carbocycles. The third-order valence-electron chi connectivity index (χ3n) is 3.69. The Labute approximate surface area is 127 Å². The number of hydrogen-bond acceptors (Lipinski definition) is 2. The fourth-order valence-corrected chi connectivity index (χ4v) is 2.79. The largest absolute Gasteiger partial charge is 0.444 e. The van der Waals surface area contributed by atoms with Crippen LogP contribution in [0.15, 0.2) is 42.5 Å². The predicted molar refractivity (Wildman–Crippen MR) is 85.3 cm³/mol. The van der Waals surface area contributed by atoms with Crippen molar-refractivity contribution in [2.75, 3.05) is 6.54 Å². The maximum Gasteiger partial charge on any atom is 0.410 e. The summed E-state index contributed by atoms with van der Waals surface area (Å²) in [5, 5.41) is 0. The van der Waals surface area contributed by atoms with E-state index in [1.54, 1.807) is 0 Å². The molecule has 0 fully saturated rings. The lowest BCUT2D eigenvalue weighted by Crippen LogP contribution is -2.47. The van der Waals surface area contributed by atoms with Crippen molar-refractivity contribution in [1.29, 1.82) is 0 Å². The van der Waals surface area contributed by atoms with Crippen molar-refractivity contribution in [3.05, 3.63) is 48.0 Å². The van der Waals surface area contributed by atoms with E-state index in [9.17, 15) is 4.79 Å². The van der Waals surface area contributed by atoms with Gasteiger partial charge in [-0.1, -0.05) is 49.4 Å². The molecule has 3 nitrogen and oxygen atoms in total. The van der Waals surface area contributed by atoms with E-state index in [4.69, 9.17) is 4.74 Å². The topological polar surface area (TPSA) is 29.5 Å². The van der Waals surface area contributed by atoms with Gasteiger partial charge < -0.3 is 9.64 Å². The highest BCUT2D eigenvalue weighted by Crippen LogP contribution is 2.31. The summed E-state index contributed by atoms with van der Waals surface area (Å²) in [6.45, 7) is 8.45. The molecular weight excluding hydrogens is 262 g/mol. The molecule has 1 heterocycles. The third kappa shape index (κ3) is 3.87. The maximum absolute atomic E-state index is 12.4. The molecule has 1 aliphatic rings. The Morgan fingerprint density at radius 3 is 2.52 bits per heavy atom. The lowest BCUT2D eigenvalue weighted by Gasteiger charge is -2.38. The van der Waals surface area contributed by atoms with Crippen molar-refractivity contribution in [2.24, 2.45) is 0 Å². The normalized spacial score (nSPS) is 22.2. The smallest absolute Gasteiger partial charge is 0.410 e. The number of ether oxygens (including phenoxy) is 1. The summed E-state index contributed by atoms with van der Waals surface area (Å²) in [6.07, 6.45) is 4.96. The van der Waals surface area contributed by atoms with Crippen LogP contribution < -0.4 is 0 Å². The van der Waals surface area contributed by atoms with Crippen LogP contribution in [0.5, 0.6) is 0 Å². The Kier molecular flexibility index (Phi) is 4.71. The molecule has 21 heavy (non-hydrogen) atoms. The Morgan fingerprint density at radius 1 is 1.29 bits per heavy atom. The van der Waals surface area contributed by atoms with Crippen LogP contribution in [0.3, 0.4) is 0 Å². The van der Waals surface area contributed by atoms with Crippen molar-refractivity contribution >= 4 is 6.09 Å². The van der Waals surface area contributed by atoms with E-state index >= 15 is 0 Å². The molecule has 1 aromatic rings. The monoisotopic (exact) mass is 287 g/mol. The molecule has 2 atom stereocenters. The molecule has 2 rings (SSSR count). The second-order valence-corrected chi connectivity index (χ2v) is 6.47. The van der Waals surface area contributed by atoms with Crippen LogP contribution in [0, 0.1) is 0 Å². The van der Waals surface area contributed by atoms with Crippen LogP contribution in [0.1, 0.15) is 45.6 Å². The first-order valence-corrected chi connectivity index (χ1v) is 7.63. The van der Waals surface area contributed by atoms with Gasteiger partial charge in [-0.15, -0.1) is 0 Å². The molecule has 1 aliphatic heterocycles. The number of hydrogen-bond donors (Lipinski definition) is 0. The summed E-state index contributed by atoms with van der Waals surface area (Å²) < 4.78 is 5.55. The zero-order valence-corrected chi connectivity index (χ0v) is 13.4. The molecule has 0 saturated heterocycles. The second-order valence-electron chi connectivity index (χ2n) is 6.47. The fraction of sp³-hybridized carbons (Fsp3) is 0.500. The van der Waals surface area contributed by atoms with E-state index in [0.29, 0.717) is 6.54 Å². The highest BCUT2D eigenvalue weighted by molar-refractivity contribution is 5.69. The average Bonchev–Trinajstić information content (AvgIpc) is 2.45. The highest BCUT2D eigenvalue weighted by atomic mass is 16.6. The summed E-state index contributed by atoms with van der Waals surface area (Å²) in [6, 6.07) is 10.5. The summed E-state index contributed by atoms with van der Waals surface area (Å²) in [5.74, 6) is 0.234. The Morgan fingerprint density at radius 2 is 1.95 bits per heavy atom. The van der Waals surface area contributed by atoms with Gasteiger partial charge in [-0.2, -0.15) is 0 Å². The number of benzene rings is 1. The molecule has 0 saturated carbocycles. The zero-order valence-electron chi connectivity index (χ0n) is 13.4. The van der Waals surface area contributed by atoms with Gasteiger partial charge in [0.2, 0.25) is 0 Å². The van der Waals surface area contributed by atoms with E-state index < -0.39 is 5.60 Å². The Balaban J connectivity index is 2.21. The molecule has 0 N–H and O–H groups in total. The van der Waals surface area contributed by atoms with Crippen LogP contribution in [-0.4, -0.2) is 29.2 Å². The molecule has 1 amide bonds. The van der Waals surface area contributed by atoms with E-state index in [0.717, 1.165) is 6.42 Å². The van der Waals surface area contributed by atoms with Gasteiger partial charge in [0.15, 0.2) is 0 Å². The van der Waals surface area contributed by atoms with Gasteiger partial charge >= 0.3 is 6.09 Å². The zero-order chi connectivity index (χ0) is 15.5. The van der Waals surface area contributed by atoms with Crippen molar-refractivity contribution in [2.45, 2.75) is 51.7 Å². The molecule has 114 valence electrons. The van der Waals surface area contributed by atoms with E-state index in [1.165, 1.54) is 5.56 Å². The first-order chi connectivity index (χ1) is 9.92. The van der Waals surface area contributed by atoms with E-state index in [-0.39, 0.29) is 18.1 Å². The number of carbonyl (C=O) groups excluding carboxylic acids is 1. The van der Waals surface area contributed by atoms with Crippen molar-refractivity contribution in [3.8, 4) is 0 Å². The van der Waals surface area contributed by atoms with Crippen LogP contribution in [0.2, 0.25) is 0 Å². The Bertz CT molecular complexity index is 502. The molecule has 0 aromatic heterocycles. The van der Waals surface area contributed by atoms with Gasteiger partial charge in [0.1, 0.15) is 5.60 Å². The minimum atomic E-state index is -0.460. The molecule has 1 aromatic carbocycles. The summed E-state index contributed by atoms with van der Waals surface area (Å²) in [5.41, 5.74) is 0.785. The van der Waals surface area contributed by atoms with Gasteiger partial charge in [-0.3, -0.25) is 0 Å². The van der Waals surface area contributed by atoms with Crippen LogP contribution >= 0.6 is 0 Å². The average molecular weight is 287 g/mol. The molecule has 0 spiro atoms. The van der Waals surface area contributed by atoms with Gasteiger partial charge in [0.05, 0.1) is 0 Å². The first kappa shape index (κ1) is 15.6. The summed E-state index contributed by atoms with van der Waals surface area (Å²) in [4.78, 5) is 14.3. The van der Waals surface area contributed by atoms with Crippen LogP contribution in [0.4, 0.5) is 4.79 Å². The van der Waals surface area contributed by atoms with Crippen molar-refractivity contribution < 1.29 is 9.53 Å². The lowest BCUT2D eigenvalue weighted by atomic mass is 9.86. The van der Waals surface area contributed by atoms with Crippen molar-refractivity contribution in [1.82, 2.24) is 4.90 Å². The molecule has 3 heteroatoms. The number of carbonyl (C=O) groups is 1. The van der Waals surface area contributed by atoms with Gasteiger partial charge in [-0.25, -0.2) is 4.79 Å². The quantitative estimate of drug-likeness (QED) is 0.757. The van der Waals surface area contributed by atoms with Crippen molar-refractivity contribution in [3.63, 3.8) is 0 Å². The molecule has 2 unspecified atom stereocenters. The number of rotatable bonds is 2. The second kappa shape index (κ2) is 6.33. The lowest BCUT2D eigenvalue weighted by molar-refractivity contribution is 0.0157. The van der Waals surface area contributed by atoms with Gasteiger partial charge in [0.25, 0.3) is 0 Å². The summed E-state index contributed by atoms with van der Waals surface area (Å²) in [7, 11) is 0. The SMILES string of the molecule is CCC1C(c2ccccc2)C=CCN1C(=O)OC(C)(C)C. The third-order valence-corrected chi connectivity index (χ3v) is 3.69. The molecular formula is C18H25NO2. The minimum absolute atomic E-state index is 0.146. The molecule has 0 radical (unpaired) electrons. The fourth-order valence-electron chi connectivity index (χ4n) is 2.79. The highest BCUT2D eigenvalue weighted by Gasteiger charge is 2.33. The Hall–Kier alpha value is -1.77. The van der Waals surface area contributed by atoms with Crippen LogP contribution in [-0.2, 0) is 4.74 Å². The minimum Gasteiger partial charge on any atom is -0.444 e. The molecule has 0 bridgehead atoms. The van der Waals surface area contributed by atoms with Gasteiger partial charge in [0, 0.05) is 18.5 Å². The van der Waals surface area contributed by atoms with E-state index in [1.807, 2.05) is 43.9 Å².